The van der Waals surface area contributed by atoms with Crippen LogP contribution in [0.5, 0.6) is 0 Å². The second kappa shape index (κ2) is 30.4. The van der Waals surface area contributed by atoms with Gasteiger partial charge in [-0.15, -0.1) is 92.8 Å². The highest BCUT2D eigenvalue weighted by atomic mass is 35.5. The van der Waals surface area contributed by atoms with Gasteiger partial charge in [0.15, 0.2) is 0 Å². The van der Waals surface area contributed by atoms with Crippen LogP contribution in [0.25, 0.3) is 0 Å². The Kier molecular flexibility index (Phi) is 50.9. The smallest absolute Gasteiger partial charge is 0.105 e. The van der Waals surface area contributed by atoms with Crippen LogP contribution in [0.3, 0.4) is 0 Å². The maximum absolute atomic E-state index is 5.05. The van der Waals surface area contributed by atoms with E-state index in [1.54, 1.807) is 13.8 Å². The van der Waals surface area contributed by atoms with Gasteiger partial charge in [0, 0.05) is 23.5 Å². The first-order chi connectivity index (χ1) is 7.29. The van der Waals surface area contributed by atoms with Crippen molar-refractivity contribution in [1.82, 2.24) is 0 Å². The standard InChI is InChI=1S/4C2H4Cl2/c2*1-2(3)4;2*3-1-2-4/h2*2H,1H3;2*1-2H2. The van der Waals surface area contributed by atoms with Crippen LogP contribution < -0.4 is 0 Å². The van der Waals surface area contributed by atoms with E-state index in [0.29, 0.717) is 23.5 Å². The molecule has 0 N–H and O–H groups in total. The highest BCUT2D eigenvalue weighted by molar-refractivity contribution is 6.44. The first-order valence-corrected chi connectivity index (χ1v) is 7.98. The predicted molar refractivity (Wildman–Crippen MR) is 85.2 cm³/mol. The van der Waals surface area contributed by atoms with E-state index in [0.717, 1.165) is 0 Å². The van der Waals surface area contributed by atoms with Gasteiger partial charge >= 0.3 is 0 Å². The molecule has 104 valence electrons. The highest BCUT2D eigenvalue weighted by Crippen LogP contribution is 1.95. The van der Waals surface area contributed by atoms with E-state index >= 15 is 0 Å². The summed E-state index contributed by atoms with van der Waals surface area (Å²) in [5.74, 6) is 2.23. The van der Waals surface area contributed by atoms with Gasteiger partial charge in [0.2, 0.25) is 0 Å². The molecule has 8 heteroatoms. The third-order valence-corrected chi connectivity index (χ3v) is 1.29. The van der Waals surface area contributed by atoms with E-state index in [1.807, 2.05) is 0 Å². The molecule has 0 saturated heterocycles. The number of hydrogen-bond donors (Lipinski definition) is 0. The van der Waals surface area contributed by atoms with Gasteiger partial charge in [-0.3, -0.25) is 0 Å². The monoisotopic (exact) mass is 392 g/mol. The molecule has 0 fully saturated rings. The summed E-state index contributed by atoms with van der Waals surface area (Å²) < 4.78 is 0. The lowest BCUT2D eigenvalue weighted by atomic mass is 11.0. The quantitative estimate of drug-likeness (QED) is 0.465. The third-order valence-electron chi connectivity index (χ3n) is 0.143. The minimum Gasteiger partial charge on any atom is -0.125 e. The molecule has 0 aromatic heterocycles. The van der Waals surface area contributed by atoms with Crippen LogP contribution in [0, 0.1) is 0 Å². The molecule has 16 heavy (non-hydrogen) atoms. The molecule has 0 bridgehead atoms. The number of hydrogen-bond acceptors (Lipinski definition) is 0. The van der Waals surface area contributed by atoms with Crippen molar-refractivity contribution in [3.8, 4) is 0 Å². The lowest BCUT2D eigenvalue weighted by Gasteiger charge is -1.72. The zero-order valence-electron chi connectivity index (χ0n) is 9.01. The van der Waals surface area contributed by atoms with Gasteiger partial charge in [-0.2, -0.15) is 0 Å². The summed E-state index contributed by atoms with van der Waals surface area (Å²) in [7, 11) is 0. The lowest BCUT2D eigenvalue weighted by molar-refractivity contribution is 1.39. The summed E-state index contributed by atoms with van der Waals surface area (Å²) >= 11 is 40.4. The van der Waals surface area contributed by atoms with Crippen molar-refractivity contribution in [2.45, 2.75) is 23.5 Å². The van der Waals surface area contributed by atoms with Crippen LogP contribution in [0.4, 0.5) is 0 Å². The molecule has 0 atom stereocenters. The molecular weight excluding hydrogens is 380 g/mol. The lowest BCUT2D eigenvalue weighted by Crippen LogP contribution is -1.63. The summed E-state index contributed by atoms with van der Waals surface area (Å²) in [4.78, 5) is -0.444. The predicted octanol–water partition coefficient (Wildman–Crippen LogP) is 6.55. The van der Waals surface area contributed by atoms with Crippen molar-refractivity contribution in [2.24, 2.45) is 0 Å². The van der Waals surface area contributed by atoms with Crippen molar-refractivity contribution in [1.29, 1.82) is 0 Å². The maximum Gasteiger partial charge on any atom is 0.105 e. The van der Waals surface area contributed by atoms with Crippen molar-refractivity contribution in [3.05, 3.63) is 0 Å². The van der Waals surface area contributed by atoms with Crippen LogP contribution in [-0.4, -0.2) is 33.2 Å². The number of halogens is 8. The highest BCUT2D eigenvalue weighted by Gasteiger charge is 1.75. The molecule has 0 aromatic carbocycles. The van der Waals surface area contributed by atoms with Crippen LogP contribution in [-0.2, 0) is 0 Å². The molecule has 0 saturated carbocycles. The second-order valence-corrected chi connectivity index (χ2v) is 6.37. The fourth-order valence-electron chi connectivity index (χ4n) is 0. The van der Waals surface area contributed by atoms with Crippen molar-refractivity contribution in [3.63, 3.8) is 0 Å². The second-order valence-electron chi connectivity index (χ2n) is 1.79. The molecule has 0 nitrogen and oxygen atoms in total. The Morgan fingerprint density at radius 1 is 0.562 bits per heavy atom. The average molecular weight is 396 g/mol. The first kappa shape index (κ1) is 26.8. The third kappa shape index (κ3) is 205. The molecule has 0 radical (unpaired) electrons. The Hall–Kier alpha value is 2.32. The normalized spacial score (nSPS) is 8.25. The molecule has 0 rings (SSSR count). The van der Waals surface area contributed by atoms with Crippen molar-refractivity contribution >= 4 is 92.8 Å². The topological polar surface area (TPSA) is 0 Å². The molecule has 0 spiro atoms. The largest absolute Gasteiger partial charge is 0.125 e. The summed E-state index contributed by atoms with van der Waals surface area (Å²) in [5.41, 5.74) is 0. The van der Waals surface area contributed by atoms with E-state index < -0.39 is 0 Å². The van der Waals surface area contributed by atoms with Gasteiger partial charge in [0.1, 0.15) is 9.67 Å². The van der Waals surface area contributed by atoms with E-state index in [2.05, 4.69) is 0 Å². The van der Waals surface area contributed by atoms with Crippen LogP contribution in [0.1, 0.15) is 13.8 Å². The summed E-state index contributed by atoms with van der Waals surface area (Å²) in [6.07, 6.45) is 0. The Morgan fingerprint density at radius 3 is 0.625 bits per heavy atom. The van der Waals surface area contributed by atoms with E-state index in [-0.39, 0.29) is 9.67 Å². The number of rotatable bonds is 2. The van der Waals surface area contributed by atoms with E-state index in [1.165, 1.54) is 0 Å². The Balaban J connectivity index is -0.0000000600. The molecule has 0 heterocycles. The minimum absolute atomic E-state index is 0.222. The zero-order chi connectivity index (χ0) is 14.0. The minimum atomic E-state index is -0.222. The van der Waals surface area contributed by atoms with Gasteiger partial charge < -0.3 is 0 Å². The summed E-state index contributed by atoms with van der Waals surface area (Å²) in [6, 6.07) is 0. The van der Waals surface area contributed by atoms with Crippen LogP contribution >= 0.6 is 92.8 Å². The van der Waals surface area contributed by atoms with Crippen LogP contribution in [0.2, 0.25) is 0 Å². The Bertz CT molecular complexity index is 58.9. The summed E-state index contributed by atoms with van der Waals surface area (Å²) in [6.45, 7) is 3.40. The fourth-order valence-corrected chi connectivity index (χ4v) is 0. The number of alkyl halides is 8. The Labute approximate surface area is 139 Å². The fraction of sp³-hybridized carbons (Fsp3) is 1.00. The van der Waals surface area contributed by atoms with Gasteiger partial charge in [-0.1, -0.05) is 0 Å². The maximum atomic E-state index is 5.05. The molecule has 0 aliphatic carbocycles. The van der Waals surface area contributed by atoms with Gasteiger partial charge in [0.05, 0.1) is 0 Å². The van der Waals surface area contributed by atoms with E-state index in [9.17, 15) is 0 Å². The average Bonchev–Trinajstić information content (AvgIpc) is 2.16. The van der Waals surface area contributed by atoms with Gasteiger partial charge in [-0.05, 0) is 13.8 Å². The van der Waals surface area contributed by atoms with Gasteiger partial charge in [-0.25, -0.2) is 0 Å². The summed E-state index contributed by atoms with van der Waals surface area (Å²) in [5, 5.41) is 0. The van der Waals surface area contributed by atoms with Crippen molar-refractivity contribution in [2.75, 3.05) is 23.5 Å². The molecule has 0 amide bonds. The molecule has 0 aromatic rings. The van der Waals surface area contributed by atoms with Gasteiger partial charge in [0.25, 0.3) is 0 Å². The zero-order valence-corrected chi connectivity index (χ0v) is 15.1. The first-order valence-electron chi connectivity index (χ1n) is 4.10. The molecular formula is C8H16Cl8. The SMILES string of the molecule is CC(Cl)Cl.CC(Cl)Cl.ClCCCl.ClCCCl. The Morgan fingerprint density at radius 2 is 0.625 bits per heavy atom. The molecule has 0 aliphatic heterocycles. The van der Waals surface area contributed by atoms with E-state index in [4.69, 9.17) is 92.8 Å². The van der Waals surface area contributed by atoms with Crippen molar-refractivity contribution < 1.29 is 0 Å². The molecule has 0 aliphatic rings. The van der Waals surface area contributed by atoms with Crippen LogP contribution in [0.15, 0.2) is 0 Å². The molecule has 0 unspecified atom stereocenters.